The first-order valence-electron chi connectivity index (χ1n) is 7.33. The normalized spacial score (nSPS) is 10.4. The Morgan fingerprint density at radius 1 is 1.17 bits per heavy atom. The number of nitrogens with zero attached hydrogens (tertiary/aromatic N) is 1. The number of ether oxygens (including phenoxy) is 1. The van der Waals surface area contributed by atoms with Crippen LogP contribution in [-0.4, -0.2) is 17.5 Å². The van der Waals surface area contributed by atoms with E-state index < -0.39 is 0 Å². The molecule has 0 aliphatic heterocycles. The Kier molecular flexibility index (Phi) is 5.13. The van der Waals surface area contributed by atoms with Crippen LogP contribution in [0.3, 0.4) is 0 Å². The molecular formula is C18H15ClN2O2S. The summed E-state index contributed by atoms with van der Waals surface area (Å²) in [7, 11) is 0. The van der Waals surface area contributed by atoms with Crippen molar-refractivity contribution in [3.63, 3.8) is 0 Å². The Morgan fingerprint density at radius 3 is 2.58 bits per heavy atom. The molecule has 1 heterocycles. The maximum absolute atomic E-state index is 12.0. The Morgan fingerprint density at radius 2 is 1.88 bits per heavy atom. The zero-order chi connectivity index (χ0) is 16.9. The first kappa shape index (κ1) is 16.5. The van der Waals surface area contributed by atoms with Gasteiger partial charge in [0.15, 0.2) is 11.7 Å². The van der Waals surface area contributed by atoms with Crippen molar-refractivity contribution >= 4 is 34.0 Å². The Bertz CT molecular complexity index is 832. The minimum Gasteiger partial charge on any atom is -0.484 e. The number of aromatic nitrogens is 1. The topological polar surface area (TPSA) is 51.2 Å². The number of benzene rings is 2. The third-order valence-electron chi connectivity index (χ3n) is 3.27. The summed E-state index contributed by atoms with van der Waals surface area (Å²) in [6, 6.07) is 16.7. The molecule has 6 heteroatoms. The molecule has 3 rings (SSSR count). The van der Waals surface area contributed by atoms with E-state index in [2.05, 4.69) is 10.3 Å². The van der Waals surface area contributed by atoms with Crippen molar-refractivity contribution in [2.75, 3.05) is 11.9 Å². The zero-order valence-electron chi connectivity index (χ0n) is 13.0. The van der Waals surface area contributed by atoms with E-state index in [0.717, 1.165) is 16.1 Å². The van der Waals surface area contributed by atoms with E-state index in [1.54, 1.807) is 24.3 Å². The monoisotopic (exact) mass is 358 g/mol. The molecule has 122 valence electrons. The summed E-state index contributed by atoms with van der Waals surface area (Å²) >= 11 is 7.25. The van der Waals surface area contributed by atoms with Crippen molar-refractivity contribution in [3.8, 4) is 17.0 Å². The molecule has 0 radical (unpaired) electrons. The predicted octanol–water partition coefficient (Wildman–Crippen LogP) is 4.79. The van der Waals surface area contributed by atoms with Gasteiger partial charge in [0.1, 0.15) is 5.75 Å². The van der Waals surface area contributed by atoms with E-state index >= 15 is 0 Å². The van der Waals surface area contributed by atoms with Gasteiger partial charge < -0.3 is 4.74 Å². The average Bonchev–Trinajstić information content (AvgIpc) is 2.95. The lowest BCUT2D eigenvalue weighted by molar-refractivity contribution is -0.118. The number of rotatable bonds is 5. The second-order valence-corrected chi connectivity index (χ2v) is 6.72. The number of thiazole rings is 1. The van der Waals surface area contributed by atoms with Crippen LogP contribution in [0.25, 0.3) is 11.3 Å². The maximum Gasteiger partial charge on any atom is 0.264 e. The van der Waals surface area contributed by atoms with E-state index in [-0.39, 0.29) is 12.5 Å². The van der Waals surface area contributed by atoms with Crippen LogP contribution in [0.15, 0.2) is 54.6 Å². The lowest BCUT2D eigenvalue weighted by Gasteiger charge is -2.05. The highest BCUT2D eigenvalue weighted by Crippen LogP contribution is 2.30. The van der Waals surface area contributed by atoms with Gasteiger partial charge in [0.05, 0.1) is 5.69 Å². The second-order valence-electron chi connectivity index (χ2n) is 5.08. The van der Waals surface area contributed by atoms with Crippen molar-refractivity contribution in [2.24, 2.45) is 0 Å². The summed E-state index contributed by atoms with van der Waals surface area (Å²) in [5.74, 6) is 0.341. The van der Waals surface area contributed by atoms with Crippen LogP contribution in [0.5, 0.6) is 5.75 Å². The summed E-state index contributed by atoms with van der Waals surface area (Å²) in [6.07, 6.45) is 0. The van der Waals surface area contributed by atoms with Crippen LogP contribution in [0.4, 0.5) is 5.13 Å². The third kappa shape index (κ3) is 4.13. The van der Waals surface area contributed by atoms with E-state index in [1.807, 2.05) is 37.3 Å². The Labute approximate surface area is 149 Å². The zero-order valence-corrected chi connectivity index (χ0v) is 14.5. The number of anilines is 1. The average molecular weight is 359 g/mol. The molecule has 0 saturated carbocycles. The summed E-state index contributed by atoms with van der Waals surface area (Å²) in [5, 5.41) is 3.96. The maximum atomic E-state index is 12.0. The molecule has 1 aromatic heterocycles. The molecule has 0 spiro atoms. The van der Waals surface area contributed by atoms with Gasteiger partial charge in [0.25, 0.3) is 5.91 Å². The number of amides is 1. The molecule has 4 nitrogen and oxygen atoms in total. The van der Waals surface area contributed by atoms with Gasteiger partial charge in [0.2, 0.25) is 0 Å². The fourth-order valence-corrected chi connectivity index (χ4v) is 3.13. The van der Waals surface area contributed by atoms with Gasteiger partial charge in [-0.15, -0.1) is 11.3 Å². The van der Waals surface area contributed by atoms with Crippen LogP contribution in [0.2, 0.25) is 5.02 Å². The predicted molar refractivity (Wildman–Crippen MR) is 97.9 cm³/mol. The van der Waals surface area contributed by atoms with Gasteiger partial charge in [-0.2, -0.15) is 0 Å². The van der Waals surface area contributed by atoms with Gasteiger partial charge in [-0.05, 0) is 31.2 Å². The van der Waals surface area contributed by atoms with Crippen molar-refractivity contribution in [3.05, 3.63) is 64.5 Å². The van der Waals surface area contributed by atoms with Crippen LogP contribution >= 0.6 is 22.9 Å². The molecule has 1 N–H and O–H groups in total. The van der Waals surface area contributed by atoms with Crippen molar-refractivity contribution in [1.82, 2.24) is 4.98 Å². The quantitative estimate of drug-likeness (QED) is 0.713. The molecule has 0 bridgehead atoms. The number of halogens is 1. The van der Waals surface area contributed by atoms with Crippen molar-refractivity contribution in [1.29, 1.82) is 0 Å². The number of hydrogen-bond donors (Lipinski definition) is 1. The fraction of sp³-hybridized carbons (Fsp3) is 0.111. The molecule has 0 aliphatic carbocycles. The summed E-state index contributed by atoms with van der Waals surface area (Å²) in [4.78, 5) is 17.6. The summed E-state index contributed by atoms with van der Waals surface area (Å²) < 4.78 is 5.42. The molecule has 2 aromatic carbocycles. The molecule has 0 saturated heterocycles. The SMILES string of the molecule is Cc1sc(NC(=O)COc2ccc(Cl)cc2)nc1-c1ccccc1. The van der Waals surface area contributed by atoms with Crippen LogP contribution in [-0.2, 0) is 4.79 Å². The fourth-order valence-electron chi connectivity index (χ4n) is 2.15. The van der Waals surface area contributed by atoms with Gasteiger partial charge in [-0.25, -0.2) is 4.98 Å². The Hall–Kier alpha value is -2.37. The molecule has 0 aliphatic rings. The standard InChI is InChI=1S/C18H15ClN2O2S/c1-12-17(13-5-3-2-4-6-13)21-18(24-12)20-16(22)11-23-15-9-7-14(19)8-10-15/h2-10H,11H2,1H3,(H,20,21,22). The van der Waals surface area contributed by atoms with Crippen LogP contribution < -0.4 is 10.1 Å². The van der Waals surface area contributed by atoms with Gasteiger partial charge in [-0.3, -0.25) is 10.1 Å². The molecule has 1 amide bonds. The Balaban J connectivity index is 1.61. The second kappa shape index (κ2) is 7.47. The van der Waals surface area contributed by atoms with Crippen molar-refractivity contribution < 1.29 is 9.53 Å². The highest BCUT2D eigenvalue weighted by Gasteiger charge is 2.12. The lowest BCUT2D eigenvalue weighted by Crippen LogP contribution is -2.20. The van der Waals surface area contributed by atoms with E-state index in [9.17, 15) is 4.79 Å². The number of hydrogen-bond acceptors (Lipinski definition) is 4. The van der Waals surface area contributed by atoms with E-state index in [0.29, 0.717) is 15.9 Å². The molecule has 0 atom stereocenters. The first-order valence-corrected chi connectivity index (χ1v) is 8.52. The lowest BCUT2D eigenvalue weighted by atomic mass is 10.1. The number of carbonyl (C=O) groups excluding carboxylic acids is 1. The largest absolute Gasteiger partial charge is 0.484 e. The number of aryl methyl sites for hydroxylation is 1. The summed E-state index contributed by atoms with van der Waals surface area (Å²) in [6.45, 7) is 1.90. The number of carbonyl (C=O) groups is 1. The van der Waals surface area contributed by atoms with E-state index in [1.165, 1.54) is 11.3 Å². The van der Waals surface area contributed by atoms with Gasteiger partial charge >= 0.3 is 0 Å². The minimum atomic E-state index is -0.252. The van der Waals surface area contributed by atoms with Crippen LogP contribution in [0, 0.1) is 6.92 Å². The van der Waals surface area contributed by atoms with Gasteiger partial charge in [-0.1, -0.05) is 41.9 Å². The first-order chi connectivity index (χ1) is 11.6. The van der Waals surface area contributed by atoms with Crippen LogP contribution in [0.1, 0.15) is 4.88 Å². The van der Waals surface area contributed by atoms with E-state index in [4.69, 9.17) is 16.3 Å². The highest BCUT2D eigenvalue weighted by atomic mass is 35.5. The minimum absolute atomic E-state index is 0.0824. The van der Waals surface area contributed by atoms with Gasteiger partial charge in [0, 0.05) is 15.5 Å². The number of nitrogens with one attached hydrogen (secondary N) is 1. The third-order valence-corrected chi connectivity index (χ3v) is 4.41. The molecule has 3 aromatic rings. The molecule has 24 heavy (non-hydrogen) atoms. The molecule has 0 unspecified atom stereocenters. The smallest absolute Gasteiger partial charge is 0.264 e. The highest BCUT2D eigenvalue weighted by molar-refractivity contribution is 7.16. The van der Waals surface area contributed by atoms with Crippen molar-refractivity contribution in [2.45, 2.75) is 6.92 Å². The summed E-state index contributed by atoms with van der Waals surface area (Å²) in [5.41, 5.74) is 1.92. The molecule has 0 fully saturated rings. The molecular weight excluding hydrogens is 344 g/mol.